The summed E-state index contributed by atoms with van der Waals surface area (Å²) in [7, 11) is 2.03. The van der Waals surface area contributed by atoms with Crippen molar-refractivity contribution in [3.05, 3.63) is 99.9 Å². The van der Waals surface area contributed by atoms with E-state index in [1.165, 1.54) is 22.2 Å². The number of hydrogen-bond acceptors (Lipinski definition) is 5. The zero-order valence-corrected chi connectivity index (χ0v) is 20.3. The average Bonchev–Trinajstić information content (AvgIpc) is 3.33. The van der Waals surface area contributed by atoms with Crippen LogP contribution in [0.5, 0.6) is 0 Å². The van der Waals surface area contributed by atoms with Crippen LogP contribution >= 0.6 is 23.5 Å². The van der Waals surface area contributed by atoms with Crippen molar-refractivity contribution in [3.8, 4) is 0 Å². The van der Waals surface area contributed by atoms with Gasteiger partial charge in [0.2, 0.25) is 0 Å². The van der Waals surface area contributed by atoms with Crippen LogP contribution in [0.15, 0.2) is 98.7 Å². The van der Waals surface area contributed by atoms with Gasteiger partial charge in [0.15, 0.2) is 5.17 Å². The summed E-state index contributed by atoms with van der Waals surface area (Å²) < 4.78 is 0. The molecule has 1 fully saturated rings. The van der Waals surface area contributed by atoms with Gasteiger partial charge >= 0.3 is 0 Å². The zero-order chi connectivity index (χ0) is 22.8. The molecular weight excluding hydrogens is 446 g/mol. The summed E-state index contributed by atoms with van der Waals surface area (Å²) in [6.45, 7) is 2.67. The Morgan fingerprint density at radius 2 is 1.61 bits per heavy atom. The van der Waals surface area contributed by atoms with Gasteiger partial charge in [-0.15, -0.1) is 0 Å². The summed E-state index contributed by atoms with van der Waals surface area (Å²) in [6.07, 6.45) is 2.02. The predicted molar refractivity (Wildman–Crippen MR) is 140 cm³/mol. The monoisotopic (exact) mass is 471 g/mol. The lowest BCUT2D eigenvalue weighted by molar-refractivity contribution is -0.122. The Kier molecular flexibility index (Phi) is 6.29. The lowest BCUT2D eigenvalue weighted by Crippen LogP contribution is -2.29. The first-order valence-electron chi connectivity index (χ1n) is 11.1. The Morgan fingerprint density at radius 1 is 0.879 bits per heavy atom. The van der Waals surface area contributed by atoms with Crippen LogP contribution in [0, 0.1) is 0 Å². The van der Waals surface area contributed by atoms with E-state index in [1.807, 2.05) is 54.4 Å². The van der Waals surface area contributed by atoms with Crippen LogP contribution < -0.4 is 4.90 Å². The molecule has 0 unspecified atom stereocenters. The number of benzene rings is 3. The number of hydrogen-bond donors (Lipinski definition) is 0. The van der Waals surface area contributed by atoms with E-state index in [0.29, 0.717) is 6.54 Å². The molecule has 0 atom stereocenters. The van der Waals surface area contributed by atoms with Crippen molar-refractivity contribution in [1.29, 1.82) is 0 Å². The molecule has 0 bridgehead atoms. The molecule has 6 heteroatoms. The van der Waals surface area contributed by atoms with Crippen LogP contribution in [0.25, 0.3) is 0 Å². The largest absolute Gasteiger partial charge is 0.337 e. The van der Waals surface area contributed by atoms with Crippen molar-refractivity contribution >= 4 is 46.0 Å². The van der Waals surface area contributed by atoms with Gasteiger partial charge in [-0.1, -0.05) is 85.8 Å². The molecule has 0 saturated carbocycles. The van der Waals surface area contributed by atoms with Gasteiger partial charge in [0.1, 0.15) is 4.91 Å². The number of aryl methyl sites for hydroxylation is 1. The lowest BCUT2D eigenvalue weighted by Gasteiger charge is -2.17. The number of carbonyl (C=O) groups is 1. The van der Waals surface area contributed by atoms with Gasteiger partial charge in [0, 0.05) is 11.9 Å². The van der Waals surface area contributed by atoms with Crippen molar-refractivity contribution in [2.75, 3.05) is 11.9 Å². The SMILES string of the molecule is CCCc1ccccc1N=C1SC(=C2Sc3ccccc3N2C)C(=O)N1Cc1ccccc1. The number of anilines is 1. The summed E-state index contributed by atoms with van der Waals surface area (Å²) in [5.41, 5.74) is 4.37. The van der Waals surface area contributed by atoms with E-state index in [0.717, 1.165) is 44.9 Å². The minimum absolute atomic E-state index is 0.0118. The maximum Gasteiger partial charge on any atom is 0.269 e. The summed E-state index contributed by atoms with van der Waals surface area (Å²) in [5, 5.41) is 1.70. The number of rotatable bonds is 5. The Labute approximate surface area is 203 Å². The van der Waals surface area contributed by atoms with Crippen LogP contribution in [-0.2, 0) is 17.8 Å². The van der Waals surface area contributed by atoms with E-state index in [4.69, 9.17) is 4.99 Å². The third kappa shape index (κ3) is 4.33. The molecule has 2 heterocycles. The molecule has 1 amide bonds. The Balaban J connectivity index is 1.57. The molecular formula is C27H25N3OS2. The van der Waals surface area contributed by atoms with E-state index in [9.17, 15) is 4.79 Å². The molecule has 0 aromatic heterocycles. The second kappa shape index (κ2) is 9.49. The minimum atomic E-state index is 0.0118. The molecule has 3 aromatic carbocycles. The molecule has 2 aliphatic heterocycles. The molecule has 0 N–H and O–H groups in total. The summed E-state index contributed by atoms with van der Waals surface area (Å²) in [4.78, 5) is 24.6. The quantitative estimate of drug-likeness (QED) is 0.383. The smallest absolute Gasteiger partial charge is 0.269 e. The highest BCUT2D eigenvalue weighted by Gasteiger charge is 2.39. The Morgan fingerprint density at radius 3 is 2.39 bits per heavy atom. The fourth-order valence-corrected chi connectivity index (χ4v) is 6.36. The normalized spacial score (nSPS) is 19.0. The second-order valence-electron chi connectivity index (χ2n) is 8.02. The van der Waals surface area contributed by atoms with Gasteiger partial charge in [-0.05, 0) is 47.5 Å². The first kappa shape index (κ1) is 21.9. The van der Waals surface area contributed by atoms with Crippen molar-refractivity contribution < 1.29 is 4.79 Å². The highest BCUT2D eigenvalue weighted by Crippen LogP contribution is 2.50. The highest BCUT2D eigenvalue weighted by atomic mass is 32.2. The van der Waals surface area contributed by atoms with E-state index in [1.54, 1.807) is 11.8 Å². The maximum absolute atomic E-state index is 13.7. The number of fused-ring (bicyclic) bond motifs is 1. The number of amidine groups is 1. The molecule has 5 rings (SSSR count). The van der Waals surface area contributed by atoms with Crippen LogP contribution in [-0.4, -0.2) is 23.0 Å². The molecule has 4 nitrogen and oxygen atoms in total. The molecule has 33 heavy (non-hydrogen) atoms. The number of carbonyl (C=O) groups excluding carboxylic acids is 1. The molecule has 3 aromatic rings. The van der Waals surface area contributed by atoms with Gasteiger partial charge in [0.05, 0.1) is 22.9 Å². The van der Waals surface area contributed by atoms with E-state index < -0.39 is 0 Å². The third-order valence-electron chi connectivity index (χ3n) is 5.71. The fourth-order valence-electron chi connectivity index (χ4n) is 4.03. The first-order chi connectivity index (χ1) is 16.2. The van der Waals surface area contributed by atoms with Crippen LogP contribution in [0.3, 0.4) is 0 Å². The molecule has 166 valence electrons. The Hall–Kier alpha value is -2.96. The van der Waals surface area contributed by atoms with Crippen molar-refractivity contribution in [2.45, 2.75) is 31.2 Å². The van der Waals surface area contributed by atoms with E-state index in [-0.39, 0.29) is 5.91 Å². The summed E-state index contributed by atoms with van der Waals surface area (Å²) in [6, 6.07) is 26.6. The minimum Gasteiger partial charge on any atom is -0.337 e. The van der Waals surface area contributed by atoms with Gasteiger partial charge in [-0.3, -0.25) is 9.69 Å². The van der Waals surface area contributed by atoms with Crippen LogP contribution in [0.4, 0.5) is 11.4 Å². The van der Waals surface area contributed by atoms with E-state index >= 15 is 0 Å². The number of para-hydroxylation sites is 2. The number of thioether (sulfide) groups is 2. The summed E-state index contributed by atoms with van der Waals surface area (Å²) >= 11 is 3.14. The number of amides is 1. The fraction of sp³-hybridized carbons (Fsp3) is 0.185. The van der Waals surface area contributed by atoms with Gasteiger partial charge in [-0.2, -0.15) is 0 Å². The maximum atomic E-state index is 13.7. The van der Waals surface area contributed by atoms with Crippen LogP contribution in [0.2, 0.25) is 0 Å². The standard InChI is InChI=1S/C27H25N3OS2/c1-3-11-20-14-7-8-15-21(20)28-27-30(18-19-12-5-4-6-13-19)25(31)24(33-27)26-29(2)22-16-9-10-17-23(22)32-26/h4-10,12-17H,3,11,18H2,1-2H3. The number of nitrogens with zero attached hydrogens (tertiary/aromatic N) is 3. The third-order valence-corrected chi connectivity index (χ3v) is 8.14. The zero-order valence-electron chi connectivity index (χ0n) is 18.7. The summed E-state index contributed by atoms with van der Waals surface area (Å²) in [5.74, 6) is 0.0118. The topological polar surface area (TPSA) is 35.9 Å². The molecule has 2 aliphatic rings. The predicted octanol–water partition coefficient (Wildman–Crippen LogP) is 6.81. The van der Waals surface area contributed by atoms with Crippen molar-refractivity contribution in [1.82, 2.24) is 4.90 Å². The van der Waals surface area contributed by atoms with Gasteiger partial charge in [-0.25, -0.2) is 4.99 Å². The van der Waals surface area contributed by atoms with E-state index in [2.05, 4.69) is 48.2 Å². The Bertz CT molecular complexity index is 1250. The van der Waals surface area contributed by atoms with Gasteiger partial charge < -0.3 is 4.90 Å². The lowest BCUT2D eigenvalue weighted by atomic mass is 10.1. The molecule has 1 saturated heterocycles. The number of aliphatic imine (C=N–C) groups is 1. The second-order valence-corrected chi connectivity index (χ2v) is 10.0. The van der Waals surface area contributed by atoms with Gasteiger partial charge in [0.25, 0.3) is 5.91 Å². The highest BCUT2D eigenvalue weighted by molar-refractivity contribution is 8.19. The van der Waals surface area contributed by atoms with Crippen molar-refractivity contribution in [2.24, 2.45) is 4.99 Å². The molecule has 0 radical (unpaired) electrons. The first-order valence-corrected chi connectivity index (χ1v) is 12.7. The van der Waals surface area contributed by atoms with Crippen molar-refractivity contribution in [3.63, 3.8) is 0 Å². The average molecular weight is 472 g/mol. The van der Waals surface area contributed by atoms with Crippen LogP contribution in [0.1, 0.15) is 24.5 Å². The molecule has 0 aliphatic carbocycles. The molecule has 0 spiro atoms.